The Morgan fingerprint density at radius 2 is 1.78 bits per heavy atom. The number of esters is 2. The monoisotopic (exact) mass is 462 g/mol. The summed E-state index contributed by atoms with van der Waals surface area (Å²) in [6.07, 6.45) is 3.06. The number of rotatable bonds is 6. The number of carbonyl (C=O) groups is 2. The van der Waals surface area contributed by atoms with E-state index >= 15 is 0 Å². The van der Waals surface area contributed by atoms with E-state index in [4.69, 9.17) is 9.47 Å². The van der Waals surface area contributed by atoms with Gasteiger partial charge in [-0.3, -0.25) is 14.5 Å². The van der Waals surface area contributed by atoms with E-state index in [0.29, 0.717) is 19.4 Å². The van der Waals surface area contributed by atoms with Crippen molar-refractivity contribution in [3.63, 3.8) is 0 Å². The Kier molecular flexibility index (Phi) is 7.62. The van der Waals surface area contributed by atoms with Gasteiger partial charge in [-0.15, -0.1) is 12.4 Å². The molecule has 4 rings (SSSR count). The van der Waals surface area contributed by atoms with E-state index in [1.54, 1.807) is 17.6 Å². The Morgan fingerprint density at radius 3 is 2.41 bits per heavy atom. The predicted molar refractivity (Wildman–Crippen MR) is 124 cm³/mol. The molecule has 0 aliphatic carbocycles. The van der Waals surface area contributed by atoms with E-state index in [2.05, 4.69) is 4.90 Å². The summed E-state index contributed by atoms with van der Waals surface area (Å²) in [6.45, 7) is 6.33. The van der Waals surface area contributed by atoms with Crippen LogP contribution in [-0.2, 0) is 14.3 Å². The first-order valence-electron chi connectivity index (χ1n) is 11.2. The van der Waals surface area contributed by atoms with E-state index in [1.807, 2.05) is 38.1 Å². The topological polar surface area (TPSA) is 77.8 Å². The second kappa shape index (κ2) is 10.0. The van der Waals surface area contributed by atoms with Crippen molar-refractivity contribution in [3.8, 4) is 0 Å². The highest BCUT2D eigenvalue weighted by molar-refractivity contribution is 5.94. The number of aromatic nitrogens is 1. The molecule has 2 bridgehead atoms. The van der Waals surface area contributed by atoms with Crippen molar-refractivity contribution in [1.29, 1.82) is 0 Å². The summed E-state index contributed by atoms with van der Waals surface area (Å²) in [6, 6.07) is 9.54. The quantitative estimate of drug-likeness (QED) is 0.609. The van der Waals surface area contributed by atoms with Gasteiger partial charge >= 0.3 is 11.9 Å². The number of ether oxygens (including phenoxy) is 2. The standard InChI is InChI=1S/C24H30N2O5.ClH/c1-4-30-22(27)14-25-17-9-10-18(25)13-19(12-17)31-24(29)20-11-16-7-5-6-8-21(16)26(15(2)3)23(20)28;/h5-8,11,15,17-19H,4,9-10,12-14H2,1-3H3;1H/t17-,18+,19+;. The van der Waals surface area contributed by atoms with E-state index in [1.165, 1.54) is 0 Å². The van der Waals surface area contributed by atoms with Gasteiger partial charge in [0.1, 0.15) is 11.7 Å². The second-order valence-corrected chi connectivity index (χ2v) is 8.75. The van der Waals surface area contributed by atoms with Gasteiger partial charge in [0.25, 0.3) is 5.56 Å². The normalized spacial score (nSPS) is 22.6. The van der Waals surface area contributed by atoms with Gasteiger partial charge < -0.3 is 14.0 Å². The molecule has 1 aromatic carbocycles. The van der Waals surface area contributed by atoms with Gasteiger partial charge in [0.15, 0.2) is 0 Å². The number of halogens is 1. The summed E-state index contributed by atoms with van der Waals surface area (Å²) < 4.78 is 12.6. The molecule has 2 aliphatic rings. The van der Waals surface area contributed by atoms with E-state index < -0.39 is 5.97 Å². The number of benzene rings is 1. The van der Waals surface area contributed by atoms with E-state index in [-0.39, 0.29) is 60.3 Å². The summed E-state index contributed by atoms with van der Waals surface area (Å²) in [7, 11) is 0. The number of pyridine rings is 1. The molecule has 1 aromatic heterocycles. The lowest BCUT2D eigenvalue weighted by Gasteiger charge is -2.37. The molecule has 2 saturated heterocycles. The van der Waals surface area contributed by atoms with Crippen LogP contribution in [0.15, 0.2) is 35.1 Å². The average Bonchev–Trinajstić information content (AvgIpc) is 2.95. The highest BCUT2D eigenvalue weighted by Crippen LogP contribution is 2.37. The SMILES string of the molecule is CCOC(=O)CN1[C@@H]2CC[C@H]1C[C@@H](OC(=O)c1cc3ccccc3n(C(C)C)c1=O)C2.Cl. The Hall–Kier alpha value is -2.38. The number of nitrogens with zero attached hydrogens (tertiary/aromatic N) is 2. The third kappa shape index (κ3) is 4.69. The molecule has 0 unspecified atom stereocenters. The number of hydrogen-bond acceptors (Lipinski definition) is 6. The van der Waals surface area contributed by atoms with Crippen LogP contribution in [0.1, 0.15) is 62.9 Å². The van der Waals surface area contributed by atoms with Crippen LogP contribution in [-0.4, -0.2) is 52.7 Å². The zero-order valence-corrected chi connectivity index (χ0v) is 19.6. The maximum absolute atomic E-state index is 13.1. The summed E-state index contributed by atoms with van der Waals surface area (Å²) >= 11 is 0. The predicted octanol–water partition coefficient (Wildman–Crippen LogP) is 3.72. The third-order valence-electron chi connectivity index (χ3n) is 6.41. The minimum atomic E-state index is -0.562. The van der Waals surface area contributed by atoms with E-state index in [0.717, 1.165) is 23.7 Å². The summed E-state index contributed by atoms with van der Waals surface area (Å²) in [5, 5.41) is 0.840. The molecule has 174 valence electrons. The number of para-hydroxylation sites is 1. The molecule has 0 radical (unpaired) electrons. The molecule has 8 heteroatoms. The van der Waals surface area contributed by atoms with Crippen molar-refractivity contribution in [1.82, 2.24) is 9.47 Å². The molecule has 3 atom stereocenters. The summed E-state index contributed by atoms with van der Waals surface area (Å²) in [5.74, 6) is -0.770. The van der Waals surface area contributed by atoms with Crippen LogP contribution < -0.4 is 5.56 Å². The third-order valence-corrected chi connectivity index (χ3v) is 6.41. The van der Waals surface area contributed by atoms with Crippen molar-refractivity contribution < 1.29 is 19.1 Å². The molecule has 0 N–H and O–H groups in total. The van der Waals surface area contributed by atoms with Crippen LogP contribution in [0.5, 0.6) is 0 Å². The lowest BCUT2D eigenvalue weighted by molar-refractivity contribution is -0.146. The molecular formula is C24H31ClN2O5. The van der Waals surface area contributed by atoms with Crippen LogP contribution in [0, 0.1) is 0 Å². The number of fused-ring (bicyclic) bond motifs is 3. The number of carbonyl (C=O) groups excluding carboxylic acids is 2. The van der Waals surface area contributed by atoms with Crippen molar-refractivity contribution in [2.75, 3.05) is 13.2 Å². The van der Waals surface area contributed by atoms with Crippen molar-refractivity contribution >= 4 is 35.2 Å². The molecule has 2 fully saturated rings. The zero-order valence-electron chi connectivity index (χ0n) is 18.8. The van der Waals surface area contributed by atoms with Gasteiger partial charge in [0.2, 0.25) is 0 Å². The van der Waals surface area contributed by atoms with Gasteiger partial charge in [-0.25, -0.2) is 4.79 Å². The molecule has 3 heterocycles. The van der Waals surface area contributed by atoms with E-state index in [9.17, 15) is 14.4 Å². The van der Waals surface area contributed by atoms with Crippen LogP contribution in [0.25, 0.3) is 10.9 Å². The first-order chi connectivity index (χ1) is 14.9. The molecular weight excluding hydrogens is 432 g/mol. The van der Waals surface area contributed by atoms with Crippen LogP contribution in [0.2, 0.25) is 0 Å². The van der Waals surface area contributed by atoms with Gasteiger partial charge in [0, 0.05) is 31.0 Å². The Bertz CT molecular complexity index is 1040. The fraction of sp³-hybridized carbons (Fsp3) is 0.542. The molecule has 7 nitrogen and oxygen atoms in total. The molecule has 2 aromatic rings. The average molecular weight is 463 g/mol. The maximum atomic E-state index is 13.1. The number of piperidine rings is 1. The second-order valence-electron chi connectivity index (χ2n) is 8.75. The molecule has 0 saturated carbocycles. The fourth-order valence-corrected chi connectivity index (χ4v) is 5.09. The first-order valence-corrected chi connectivity index (χ1v) is 11.2. The smallest absolute Gasteiger partial charge is 0.344 e. The van der Waals surface area contributed by atoms with Gasteiger partial charge in [-0.05, 0) is 51.1 Å². The Balaban J connectivity index is 0.00000289. The van der Waals surface area contributed by atoms with Crippen LogP contribution >= 0.6 is 12.4 Å². The van der Waals surface area contributed by atoms with Crippen molar-refractivity contribution in [2.24, 2.45) is 0 Å². The lowest BCUT2D eigenvalue weighted by atomic mass is 9.99. The minimum absolute atomic E-state index is 0. The minimum Gasteiger partial charge on any atom is -0.465 e. The summed E-state index contributed by atoms with van der Waals surface area (Å²) in [5.41, 5.74) is 0.569. The van der Waals surface area contributed by atoms with Gasteiger partial charge in [0.05, 0.1) is 18.7 Å². The Morgan fingerprint density at radius 1 is 1.12 bits per heavy atom. The highest BCUT2D eigenvalue weighted by Gasteiger charge is 2.43. The van der Waals surface area contributed by atoms with Gasteiger partial charge in [-0.1, -0.05) is 18.2 Å². The maximum Gasteiger partial charge on any atom is 0.344 e. The molecule has 0 spiro atoms. The van der Waals surface area contributed by atoms with Crippen LogP contribution in [0.3, 0.4) is 0 Å². The Labute approximate surface area is 194 Å². The number of hydrogen-bond donors (Lipinski definition) is 0. The van der Waals surface area contributed by atoms with Crippen LogP contribution in [0.4, 0.5) is 0 Å². The zero-order chi connectivity index (χ0) is 22.1. The lowest BCUT2D eigenvalue weighted by Crippen LogP contribution is -2.48. The van der Waals surface area contributed by atoms with Gasteiger partial charge in [-0.2, -0.15) is 0 Å². The molecule has 0 amide bonds. The van der Waals surface area contributed by atoms with Crippen molar-refractivity contribution in [3.05, 3.63) is 46.2 Å². The highest BCUT2D eigenvalue weighted by atomic mass is 35.5. The summed E-state index contributed by atoms with van der Waals surface area (Å²) in [4.78, 5) is 40.2. The fourth-order valence-electron chi connectivity index (χ4n) is 5.09. The van der Waals surface area contributed by atoms with Crippen molar-refractivity contribution in [2.45, 2.75) is 70.7 Å². The largest absolute Gasteiger partial charge is 0.465 e. The molecule has 2 aliphatic heterocycles. The first kappa shape index (κ1) is 24.3. The molecule has 32 heavy (non-hydrogen) atoms.